The van der Waals surface area contributed by atoms with Crippen LogP contribution in [-0.4, -0.2) is 44.6 Å². The van der Waals surface area contributed by atoms with E-state index in [-0.39, 0.29) is 35.0 Å². The van der Waals surface area contributed by atoms with Crippen molar-refractivity contribution in [3.05, 3.63) is 66.0 Å². The van der Waals surface area contributed by atoms with Crippen LogP contribution in [0.3, 0.4) is 0 Å². The highest BCUT2D eigenvalue weighted by Gasteiger charge is 2.26. The first-order chi connectivity index (χ1) is 15.7. The number of H-pyrrole nitrogens is 1. The highest BCUT2D eigenvalue weighted by atomic mass is 32.2. The number of sulfonamides is 1. The van der Waals surface area contributed by atoms with Gasteiger partial charge >= 0.3 is 0 Å². The Balaban J connectivity index is 1.93. The minimum atomic E-state index is -3.63. The first kappa shape index (κ1) is 22.3. The summed E-state index contributed by atoms with van der Waals surface area (Å²) in [7, 11) is -0.763. The van der Waals surface area contributed by atoms with Crippen molar-refractivity contribution in [3.63, 3.8) is 0 Å². The Morgan fingerprint density at radius 3 is 2.61 bits per heavy atom. The van der Waals surface area contributed by atoms with E-state index < -0.39 is 21.7 Å². The zero-order chi connectivity index (χ0) is 23.8. The number of carbonyl (C=O) groups excluding carboxylic acids is 1. The Kier molecular flexibility index (Phi) is 5.81. The molecule has 33 heavy (non-hydrogen) atoms. The molecule has 0 aliphatic rings. The van der Waals surface area contributed by atoms with Gasteiger partial charge in [-0.15, -0.1) is 0 Å². The third-order valence-electron chi connectivity index (χ3n) is 5.09. The number of nitrogens with one attached hydrogen (secondary N) is 2. The highest BCUT2D eigenvalue weighted by Crippen LogP contribution is 2.40. The van der Waals surface area contributed by atoms with Crippen molar-refractivity contribution < 1.29 is 26.8 Å². The van der Waals surface area contributed by atoms with E-state index in [1.807, 2.05) is 0 Å². The molecule has 1 amide bonds. The van der Waals surface area contributed by atoms with E-state index in [2.05, 4.69) is 15.3 Å². The lowest BCUT2D eigenvalue weighted by Gasteiger charge is -2.20. The SMILES string of the molecule is CNC(=O)c1c(-c2ccc(F)cc2)oc2cc(N(C)S(C)(=O)=O)c(OCc3ncc[nH]3)cc12. The van der Waals surface area contributed by atoms with Crippen molar-refractivity contribution in [2.75, 3.05) is 24.7 Å². The van der Waals surface area contributed by atoms with E-state index in [1.54, 1.807) is 18.5 Å². The number of halogens is 1. The quantitative estimate of drug-likeness (QED) is 0.426. The number of hydrogen-bond acceptors (Lipinski definition) is 6. The molecule has 0 atom stereocenters. The fourth-order valence-corrected chi connectivity index (χ4v) is 3.83. The average Bonchev–Trinajstić information content (AvgIpc) is 3.43. The van der Waals surface area contributed by atoms with Gasteiger partial charge in [-0.05, 0) is 30.3 Å². The molecule has 172 valence electrons. The van der Waals surface area contributed by atoms with Crippen LogP contribution in [0.25, 0.3) is 22.3 Å². The van der Waals surface area contributed by atoms with Gasteiger partial charge in [-0.1, -0.05) is 0 Å². The largest absolute Gasteiger partial charge is 0.483 e. The van der Waals surface area contributed by atoms with Gasteiger partial charge in [0.05, 0.1) is 17.5 Å². The maximum atomic E-state index is 13.4. The molecule has 0 unspecified atom stereocenters. The molecular weight excluding hydrogens is 451 g/mol. The topological polar surface area (TPSA) is 118 Å². The summed E-state index contributed by atoms with van der Waals surface area (Å²) in [4.78, 5) is 19.8. The van der Waals surface area contributed by atoms with Gasteiger partial charge in [0.2, 0.25) is 10.0 Å². The average molecular weight is 472 g/mol. The molecule has 11 heteroatoms. The number of furan rings is 1. The molecule has 0 bridgehead atoms. The number of aromatic nitrogens is 2. The zero-order valence-electron chi connectivity index (χ0n) is 18.0. The van der Waals surface area contributed by atoms with Crippen molar-refractivity contribution in [3.8, 4) is 17.1 Å². The standard InChI is InChI=1S/C22H21FN4O5S/c1-24-22(28)20-15-10-18(31-12-19-25-8-9-26-19)16(27(2)33(3,29)30)11-17(15)32-21(20)13-4-6-14(23)7-5-13/h4-11H,12H2,1-3H3,(H,24,28)(H,25,26). The molecule has 0 aliphatic heterocycles. The normalized spacial score (nSPS) is 11.5. The van der Waals surface area contributed by atoms with Crippen LogP contribution in [0.15, 0.2) is 53.2 Å². The Morgan fingerprint density at radius 1 is 1.27 bits per heavy atom. The number of rotatable bonds is 7. The van der Waals surface area contributed by atoms with Crippen molar-refractivity contribution in [1.82, 2.24) is 15.3 Å². The van der Waals surface area contributed by atoms with Gasteiger partial charge in [0, 0.05) is 43.5 Å². The summed E-state index contributed by atoms with van der Waals surface area (Å²) in [5, 5.41) is 2.99. The second kappa shape index (κ2) is 8.58. The molecule has 4 aromatic rings. The van der Waals surface area contributed by atoms with E-state index in [4.69, 9.17) is 9.15 Å². The molecule has 0 saturated carbocycles. The van der Waals surface area contributed by atoms with Gasteiger partial charge in [-0.25, -0.2) is 17.8 Å². The maximum absolute atomic E-state index is 13.4. The van der Waals surface area contributed by atoms with Gasteiger partial charge < -0.3 is 19.5 Å². The van der Waals surface area contributed by atoms with Crippen molar-refractivity contribution in [1.29, 1.82) is 0 Å². The second-order valence-corrected chi connectivity index (χ2v) is 9.28. The van der Waals surface area contributed by atoms with E-state index in [9.17, 15) is 17.6 Å². The zero-order valence-corrected chi connectivity index (χ0v) is 18.9. The fraction of sp³-hybridized carbons (Fsp3) is 0.182. The van der Waals surface area contributed by atoms with Crippen molar-refractivity contribution in [2.24, 2.45) is 0 Å². The van der Waals surface area contributed by atoms with Crippen LogP contribution in [0.5, 0.6) is 5.75 Å². The van der Waals surface area contributed by atoms with E-state index >= 15 is 0 Å². The number of fused-ring (bicyclic) bond motifs is 1. The third-order valence-corrected chi connectivity index (χ3v) is 6.28. The molecule has 4 rings (SSSR count). The Morgan fingerprint density at radius 2 is 2.00 bits per heavy atom. The van der Waals surface area contributed by atoms with Crippen LogP contribution in [0.4, 0.5) is 10.1 Å². The van der Waals surface area contributed by atoms with E-state index in [0.29, 0.717) is 16.8 Å². The summed E-state index contributed by atoms with van der Waals surface area (Å²) in [6.07, 6.45) is 4.27. The molecule has 9 nitrogen and oxygen atoms in total. The summed E-state index contributed by atoms with van der Waals surface area (Å²) in [5.74, 6) is 0.119. The van der Waals surface area contributed by atoms with E-state index in [1.165, 1.54) is 44.4 Å². The summed E-state index contributed by atoms with van der Waals surface area (Å²) in [6, 6.07) is 8.56. The van der Waals surface area contributed by atoms with Gasteiger partial charge in [-0.2, -0.15) is 0 Å². The molecule has 0 aliphatic carbocycles. The smallest absolute Gasteiger partial charge is 0.255 e. The van der Waals surface area contributed by atoms with Gasteiger partial charge in [0.15, 0.2) is 0 Å². The number of benzene rings is 2. The number of nitrogens with zero attached hydrogens (tertiary/aromatic N) is 2. The second-order valence-electron chi connectivity index (χ2n) is 7.26. The Bertz CT molecular complexity index is 1410. The summed E-state index contributed by atoms with van der Waals surface area (Å²) in [5.41, 5.74) is 1.20. The van der Waals surface area contributed by atoms with Crippen molar-refractivity contribution >= 4 is 32.6 Å². The number of anilines is 1. The maximum Gasteiger partial charge on any atom is 0.255 e. The van der Waals surface area contributed by atoms with Gasteiger partial charge in [0.25, 0.3) is 5.91 Å². The number of ether oxygens (including phenoxy) is 1. The summed E-state index contributed by atoms with van der Waals surface area (Å²) < 4.78 is 50.9. The van der Waals surface area contributed by atoms with Crippen LogP contribution in [0, 0.1) is 5.82 Å². The number of amides is 1. The molecule has 0 saturated heterocycles. The molecular formula is C22H21FN4O5S. The van der Waals surface area contributed by atoms with Crippen molar-refractivity contribution in [2.45, 2.75) is 6.61 Å². The third kappa shape index (κ3) is 4.40. The molecule has 0 spiro atoms. The van der Waals surface area contributed by atoms with Crippen LogP contribution in [-0.2, 0) is 16.6 Å². The number of imidazole rings is 1. The molecule has 2 N–H and O–H groups in total. The van der Waals surface area contributed by atoms with E-state index in [0.717, 1.165) is 10.6 Å². The Hall–Kier alpha value is -3.86. The Labute approximate surface area is 189 Å². The predicted molar refractivity (Wildman–Crippen MR) is 121 cm³/mol. The number of carbonyl (C=O) groups is 1. The minimum absolute atomic E-state index is 0.0427. The fourth-order valence-electron chi connectivity index (χ4n) is 3.33. The first-order valence-corrected chi connectivity index (χ1v) is 11.7. The number of aromatic amines is 1. The van der Waals surface area contributed by atoms with Gasteiger partial charge in [0.1, 0.15) is 35.3 Å². The molecule has 2 heterocycles. The lowest BCUT2D eigenvalue weighted by Crippen LogP contribution is -2.25. The summed E-state index contributed by atoms with van der Waals surface area (Å²) >= 11 is 0. The first-order valence-electron chi connectivity index (χ1n) is 9.82. The molecule has 0 fully saturated rings. The predicted octanol–water partition coefficient (Wildman–Crippen LogP) is 3.30. The molecule has 0 radical (unpaired) electrons. The van der Waals surface area contributed by atoms with Gasteiger partial charge in [-0.3, -0.25) is 9.10 Å². The lowest BCUT2D eigenvalue weighted by molar-refractivity contribution is 0.0964. The van der Waals surface area contributed by atoms with Crippen LogP contribution >= 0.6 is 0 Å². The number of hydrogen-bond donors (Lipinski definition) is 2. The molecule has 2 aromatic carbocycles. The highest BCUT2D eigenvalue weighted by molar-refractivity contribution is 7.92. The monoisotopic (exact) mass is 472 g/mol. The minimum Gasteiger partial charge on any atom is -0.483 e. The summed E-state index contributed by atoms with van der Waals surface area (Å²) in [6.45, 7) is 0.0427. The van der Waals surface area contributed by atoms with Crippen LogP contribution in [0.1, 0.15) is 16.2 Å². The van der Waals surface area contributed by atoms with Crippen LogP contribution < -0.4 is 14.4 Å². The van der Waals surface area contributed by atoms with Crippen LogP contribution in [0.2, 0.25) is 0 Å². The lowest BCUT2D eigenvalue weighted by atomic mass is 10.0. The molecule has 2 aromatic heterocycles.